The summed E-state index contributed by atoms with van der Waals surface area (Å²) in [5.74, 6) is 0.714. The number of rotatable bonds is 5. The van der Waals surface area contributed by atoms with E-state index in [1.807, 2.05) is 30.3 Å². The van der Waals surface area contributed by atoms with Crippen molar-refractivity contribution in [3.05, 3.63) is 63.6 Å². The van der Waals surface area contributed by atoms with Crippen molar-refractivity contribution < 1.29 is 14.3 Å². The Balaban J connectivity index is 1.84. The van der Waals surface area contributed by atoms with Crippen LogP contribution in [-0.4, -0.2) is 26.2 Å². The highest BCUT2D eigenvalue weighted by Crippen LogP contribution is 2.40. The zero-order chi connectivity index (χ0) is 18.6. The number of carbonyl (C=O) groups excluding carboxylic acids is 1. The molecular formula is C20H21Cl2NO3. The van der Waals surface area contributed by atoms with Gasteiger partial charge < -0.3 is 14.8 Å². The molecule has 0 spiro atoms. The van der Waals surface area contributed by atoms with Gasteiger partial charge in [-0.1, -0.05) is 41.4 Å². The fourth-order valence-corrected chi connectivity index (χ4v) is 3.94. The lowest BCUT2D eigenvalue weighted by Gasteiger charge is -2.37. The molecule has 26 heavy (non-hydrogen) atoms. The summed E-state index contributed by atoms with van der Waals surface area (Å²) in [7, 11) is 1.62. The highest BCUT2D eigenvalue weighted by Gasteiger charge is 2.42. The highest BCUT2D eigenvalue weighted by atomic mass is 35.5. The summed E-state index contributed by atoms with van der Waals surface area (Å²) in [4.78, 5) is 13.2. The Morgan fingerprint density at radius 1 is 1.19 bits per heavy atom. The van der Waals surface area contributed by atoms with Crippen LogP contribution in [0.25, 0.3) is 0 Å². The summed E-state index contributed by atoms with van der Waals surface area (Å²) in [6.45, 7) is 1.46. The number of nitrogens with one attached hydrogen (secondary N) is 1. The minimum atomic E-state index is -0.710. The first-order chi connectivity index (χ1) is 12.5. The van der Waals surface area contributed by atoms with Gasteiger partial charge in [-0.25, -0.2) is 0 Å². The molecule has 138 valence electrons. The van der Waals surface area contributed by atoms with E-state index in [4.69, 9.17) is 32.7 Å². The predicted molar refractivity (Wildman–Crippen MR) is 103 cm³/mol. The van der Waals surface area contributed by atoms with Crippen molar-refractivity contribution in [1.82, 2.24) is 5.32 Å². The predicted octanol–water partition coefficient (Wildman–Crippen LogP) is 4.37. The molecule has 0 aromatic heterocycles. The topological polar surface area (TPSA) is 47.6 Å². The van der Waals surface area contributed by atoms with Gasteiger partial charge in [0.2, 0.25) is 5.91 Å². The molecule has 2 aromatic carbocycles. The molecule has 1 amide bonds. The van der Waals surface area contributed by atoms with Crippen LogP contribution >= 0.6 is 23.2 Å². The third-order valence-corrected chi connectivity index (χ3v) is 5.36. The second-order valence-electron chi connectivity index (χ2n) is 6.35. The third-order valence-electron chi connectivity index (χ3n) is 4.81. The Morgan fingerprint density at radius 2 is 1.96 bits per heavy atom. The van der Waals surface area contributed by atoms with Crippen LogP contribution in [0.5, 0.6) is 5.75 Å². The Morgan fingerprint density at radius 3 is 2.65 bits per heavy atom. The van der Waals surface area contributed by atoms with Crippen molar-refractivity contribution in [2.24, 2.45) is 0 Å². The van der Waals surface area contributed by atoms with Crippen LogP contribution in [0.1, 0.15) is 24.0 Å². The van der Waals surface area contributed by atoms with E-state index in [1.54, 1.807) is 19.2 Å². The first-order valence-electron chi connectivity index (χ1n) is 8.50. The Kier molecular flexibility index (Phi) is 6.07. The van der Waals surface area contributed by atoms with Gasteiger partial charge in [-0.05, 0) is 48.2 Å². The van der Waals surface area contributed by atoms with Crippen molar-refractivity contribution in [3.63, 3.8) is 0 Å². The number of carbonyl (C=O) groups is 1. The molecular weight excluding hydrogens is 373 g/mol. The van der Waals surface area contributed by atoms with Gasteiger partial charge in [0, 0.05) is 29.8 Å². The number of ether oxygens (including phenoxy) is 2. The summed E-state index contributed by atoms with van der Waals surface area (Å²) < 4.78 is 10.7. The van der Waals surface area contributed by atoms with E-state index in [9.17, 15) is 4.79 Å². The third kappa shape index (κ3) is 3.98. The van der Waals surface area contributed by atoms with E-state index < -0.39 is 5.41 Å². The number of hydrogen-bond donors (Lipinski definition) is 1. The molecule has 1 saturated heterocycles. The largest absolute Gasteiger partial charge is 0.497 e. The molecule has 0 aliphatic carbocycles. The summed E-state index contributed by atoms with van der Waals surface area (Å²) in [6.07, 6.45) is 1.16. The smallest absolute Gasteiger partial charge is 0.231 e. The maximum Gasteiger partial charge on any atom is 0.231 e. The maximum absolute atomic E-state index is 13.2. The van der Waals surface area contributed by atoms with E-state index in [0.717, 1.165) is 16.9 Å². The number of methoxy groups -OCH3 is 1. The van der Waals surface area contributed by atoms with Crippen LogP contribution in [0.2, 0.25) is 10.0 Å². The van der Waals surface area contributed by atoms with Crippen LogP contribution in [-0.2, 0) is 21.5 Å². The van der Waals surface area contributed by atoms with Crippen molar-refractivity contribution in [2.45, 2.75) is 24.8 Å². The van der Waals surface area contributed by atoms with Gasteiger partial charge in [-0.3, -0.25) is 4.79 Å². The normalized spacial score (nSPS) is 16.1. The molecule has 3 rings (SSSR count). The van der Waals surface area contributed by atoms with E-state index >= 15 is 0 Å². The number of amides is 1. The molecule has 1 heterocycles. The van der Waals surface area contributed by atoms with Crippen LogP contribution in [0.3, 0.4) is 0 Å². The SMILES string of the molecule is COc1cccc(CNC(=O)C2(c3ccc(Cl)cc3Cl)CCOCC2)c1. The molecule has 2 aromatic rings. The average Bonchev–Trinajstić information content (AvgIpc) is 2.66. The molecule has 1 aliphatic rings. The molecule has 0 atom stereocenters. The Hall–Kier alpha value is -1.75. The molecule has 1 fully saturated rings. The molecule has 0 saturated carbocycles. The molecule has 0 unspecified atom stereocenters. The van der Waals surface area contributed by atoms with Gasteiger partial charge in [-0.15, -0.1) is 0 Å². The van der Waals surface area contributed by atoms with Gasteiger partial charge in [0.05, 0.1) is 12.5 Å². The van der Waals surface area contributed by atoms with Gasteiger partial charge in [0.15, 0.2) is 0 Å². The zero-order valence-electron chi connectivity index (χ0n) is 14.6. The summed E-state index contributed by atoms with van der Waals surface area (Å²) >= 11 is 12.5. The van der Waals surface area contributed by atoms with Gasteiger partial charge in [0.25, 0.3) is 0 Å². The Bertz CT molecular complexity index is 788. The molecule has 1 aliphatic heterocycles. The van der Waals surface area contributed by atoms with E-state index in [1.165, 1.54) is 0 Å². The van der Waals surface area contributed by atoms with Crippen molar-refractivity contribution in [2.75, 3.05) is 20.3 Å². The maximum atomic E-state index is 13.2. The molecule has 0 bridgehead atoms. The lowest BCUT2D eigenvalue weighted by atomic mass is 9.73. The minimum Gasteiger partial charge on any atom is -0.497 e. The minimum absolute atomic E-state index is 0.0483. The van der Waals surface area contributed by atoms with Crippen LogP contribution < -0.4 is 10.1 Å². The lowest BCUT2D eigenvalue weighted by Crippen LogP contribution is -2.48. The second-order valence-corrected chi connectivity index (χ2v) is 7.20. The number of hydrogen-bond acceptors (Lipinski definition) is 3. The standard InChI is InChI=1S/C20H21Cl2NO3/c1-25-16-4-2-3-14(11-16)13-23-19(24)20(7-9-26-10-8-20)17-6-5-15(21)12-18(17)22/h2-6,11-12H,7-10,13H2,1H3,(H,23,24). The number of halogens is 2. The molecule has 1 N–H and O–H groups in total. The molecule has 0 radical (unpaired) electrons. The van der Waals surface area contributed by atoms with Gasteiger partial charge in [0.1, 0.15) is 5.75 Å². The summed E-state index contributed by atoms with van der Waals surface area (Å²) in [5.41, 5.74) is 1.07. The summed E-state index contributed by atoms with van der Waals surface area (Å²) in [6, 6.07) is 12.9. The van der Waals surface area contributed by atoms with Crippen molar-refractivity contribution in [3.8, 4) is 5.75 Å². The lowest BCUT2D eigenvalue weighted by molar-refractivity contribution is -0.130. The summed E-state index contributed by atoms with van der Waals surface area (Å²) in [5, 5.41) is 4.12. The van der Waals surface area contributed by atoms with Crippen molar-refractivity contribution in [1.29, 1.82) is 0 Å². The van der Waals surface area contributed by atoms with E-state index in [-0.39, 0.29) is 5.91 Å². The van der Waals surface area contributed by atoms with E-state index in [2.05, 4.69) is 5.32 Å². The fourth-order valence-electron chi connectivity index (χ4n) is 3.35. The van der Waals surface area contributed by atoms with Crippen LogP contribution in [0.4, 0.5) is 0 Å². The molecule has 4 nitrogen and oxygen atoms in total. The first kappa shape index (κ1) is 19.0. The number of benzene rings is 2. The first-order valence-corrected chi connectivity index (χ1v) is 9.25. The monoisotopic (exact) mass is 393 g/mol. The Labute approximate surface area is 163 Å². The quantitative estimate of drug-likeness (QED) is 0.820. The van der Waals surface area contributed by atoms with Crippen LogP contribution in [0.15, 0.2) is 42.5 Å². The van der Waals surface area contributed by atoms with Crippen molar-refractivity contribution >= 4 is 29.1 Å². The van der Waals surface area contributed by atoms with Crippen LogP contribution in [0, 0.1) is 0 Å². The van der Waals surface area contributed by atoms with Gasteiger partial charge in [-0.2, -0.15) is 0 Å². The fraction of sp³-hybridized carbons (Fsp3) is 0.350. The van der Waals surface area contributed by atoms with E-state index in [0.29, 0.717) is 42.6 Å². The second kappa shape index (κ2) is 8.30. The van der Waals surface area contributed by atoms with Gasteiger partial charge >= 0.3 is 0 Å². The highest BCUT2D eigenvalue weighted by molar-refractivity contribution is 6.35. The average molecular weight is 394 g/mol. The zero-order valence-corrected chi connectivity index (χ0v) is 16.1. The molecule has 6 heteroatoms.